The second-order valence-electron chi connectivity index (χ2n) is 3.25. The van der Waals surface area contributed by atoms with Crippen LogP contribution >= 0.6 is 0 Å². The highest BCUT2D eigenvalue weighted by Crippen LogP contribution is 2.19. The highest BCUT2D eigenvalue weighted by Gasteiger charge is 2.20. The summed E-state index contributed by atoms with van der Waals surface area (Å²) in [5, 5.41) is 25.1. The summed E-state index contributed by atoms with van der Waals surface area (Å²) in [6.07, 6.45) is 1.55. The van der Waals surface area contributed by atoms with Crippen LogP contribution in [-0.2, 0) is 6.54 Å². The smallest absolute Gasteiger partial charge is 0.358 e. The van der Waals surface area contributed by atoms with E-state index in [1.807, 2.05) is 0 Å². The van der Waals surface area contributed by atoms with Crippen molar-refractivity contribution in [3.8, 4) is 11.4 Å². The Morgan fingerprint density at radius 1 is 1.41 bits per heavy atom. The lowest BCUT2D eigenvalue weighted by Crippen LogP contribution is -2.08. The number of rotatable bonds is 4. The van der Waals surface area contributed by atoms with E-state index < -0.39 is 5.97 Å². The first-order valence-corrected chi connectivity index (χ1v) is 4.93. The Labute approximate surface area is 96.3 Å². The van der Waals surface area contributed by atoms with Crippen molar-refractivity contribution in [2.45, 2.75) is 6.54 Å². The van der Waals surface area contributed by atoms with E-state index in [0.717, 1.165) is 0 Å². The highest BCUT2D eigenvalue weighted by atomic mass is 16.4. The number of aromatic carboxylic acids is 1. The second-order valence-corrected chi connectivity index (χ2v) is 3.25. The minimum absolute atomic E-state index is 0.151. The Kier molecular flexibility index (Phi) is 3.10. The number of aliphatic hydroxyl groups excluding tert-OH is 1. The fraction of sp³-hybridized carbons (Fsp3) is 0.200. The van der Waals surface area contributed by atoms with Gasteiger partial charge in [-0.25, -0.2) is 9.48 Å². The van der Waals surface area contributed by atoms with Gasteiger partial charge in [0.2, 0.25) is 0 Å². The van der Waals surface area contributed by atoms with Crippen molar-refractivity contribution in [3.05, 3.63) is 30.1 Å². The first-order chi connectivity index (χ1) is 8.24. The van der Waals surface area contributed by atoms with Crippen molar-refractivity contribution in [1.82, 2.24) is 20.0 Å². The lowest BCUT2D eigenvalue weighted by atomic mass is 10.2. The summed E-state index contributed by atoms with van der Waals surface area (Å²) < 4.78 is 1.33. The molecule has 2 rings (SSSR count). The number of nitrogens with zero attached hydrogens (tertiary/aromatic N) is 4. The largest absolute Gasteiger partial charge is 0.476 e. The molecule has 2 aromatic heterocycles. The molecule has 0 aliphatic heterocycles. The van der Waals surface area contributed by atoms with E-state index in [9.17, 15) is 4.79 Å². The van der Waals surface area contributed by atoms with Crippen molar-refractivity contribution in [1.29, 1.82) is 0 Å². The summed E-state index contributed by atoms with van der Waals surface area (Å²) >= 11 is 0. The first-order valence-electron chi connectivity index (χ1n) is 4.93. The van der Waals surface area contributed by atoms with Crippen molar-refractivity contribution < 1.29 is 15.0 Å². The summed E-state index contributed by atoms with van der Waals surface area (Å²) in [6.45, 7) is 0.0223. The molecule has 0 amide bonds. The maximum Gasteiger partial charge on any atom is 0.358 e. The maximum absolute atomic E-state index is 11.0. The summed E-state index contributed by atoms with van der Waals surface area (Å²) in [4.78, 5) is 15.1. The van der Waals surface area contributed by atoms with Gasteiger partial charge >= 0.3 is 5.97 Å². The zero-order valence-electron chi connectivity index (χ0n) is 8.82. The van der Waals surface area contributed by atoms with Crippen LogP contribution in [0.5, 0.6) is 0 Å². The fourth-order valence-electron chi connectivity index (χ4n) is 1.46. The molecule has 7 heteroatoms. The third kappa shape index (κ3) is 2.13. The van der Waals surface area contributed by atoms with E-state index in [4.69, 9.17) is 10.2 Å². The molecule has 0 spiro atoms. The Balaban J connectivity index is 2.56. The van der Waals surface area contributed by atoms with Gasteiger partial charge in [0.1, 0.15) is 5.69 Å². The van der Waals surface area contributed by atoms with E-state index in [2.05, 4.69) is 15.3 Å². The fourth-order valence-corrected chi connectivity index (χ4v) is 1.46. The molecule has 2 N–H and O–H groups in total. The van der Waals surface area contributed by atoms with Crippen molar-refractivity contribution in [2.24, 2.45) is 0 Å². The lowest BCUT2D eigenvalue weighted by molar-refractivity contribution is 0.0691. The molecule has 0 aliphatic carbocycles. The molecule has 2 aromatic rings. The predicted molar refractivity (Wildman–Crippen MR) is 57.3 cm³/mol. The summed E-state index contributed by atoms with van der Waals surface area (Å²) in [6, 6.07) is 5.13. The lowest BCUT2D eigenvalue weighted by Gasteiger charge is -2.04. The molecular weight excluding hydrogens is 224 g/mol. The molecule has 0 aromatic carbocycles. The highest BCUT2D eigenvalue weighted by molar-refractivity contribution is 5.92. The van der Waals surface area contributed by atoms with Crippen LogP contribution in [0.4, 0.5) is 0 Å². The van der Waals surface area contributed by atoms with E-state index in [1.54, 1.807) is 24.4 Å². The number of hydrogen-bond acceptors (Lipinski definition) is 5. The van der Waals surface area contributed by atoms with Crippen LogP contribution in [0.1, 0.15) is 10.5 Å². The van der Waals surface area contributed by atoms with Gasteiger partial charge in [0.05, 0.1) is 18.8 Å². The average Bonchev–Trinajstić information content (AvgIpc) is 2.74. The van der Waals surface area contributed by atoms with Gasteiger partial charge in [-0.2, -0.15) is 0 Å². The Morgan fingerprint density at radius 2 is 2.24 bits per heavy atom. The second kappa shape index (κ2) is 4.71. The van der Waals surface area contributed by atoms with Gasteiger partial charge < -0.3 is 10.2 Å². The molecule has 2 heterocycles. The topological polar surface area (TPSA) is 101 Å². The van der Waals surface area contributed by atoms with Gasteiger partial charge in [0, 0.05) is 6.20 Å². The van der Waals surface area contributed by atoms with Crippen LogP contribution in [-0.4, -0.2) is 42.8 Å². The van der Waals surface area contributed by atoms with Gasteiger partial charge in [0.15, 0.2) is 5.69 Å². The standard InChI is InChI=1S/C10H10N4O3/c15-6-5-14-9(7-3-1-2-4-11-7)8(10(16)17)12-13-14/h1-4,15H,5-6H2,(H,16,17). The predicted octanol–water partition coefficient (Wildman–Crippen LogP) is 0.0306. The number of hydrogen-bond donors (Lipinski definition) is 2. The van der Waals surface area contributed by atoms with Gasteiger partial charge in [-0.05, 0) is 12.1 Å². The number of carboxylic acids is 1. The minimum Gasteiger partial charge on any atom is -0.476 e. The minimum atomic E-state index is -1.17. The molecule has 0 saturated carbocycles. The number of aromatic nitrogens is 4. The van der Waals surface area contributed by atoms with Crippen molar-refractivity contribution in [2.75, 3.05) is 6.61 Å². The molecule has 0 unspecified atom stereocenters. The molecule has 88 valence electrons. The van der Waals surface area contributed by atoms with Crippen LogP contribution in [0.15, 0.2) is 24.4 Å². The Morgan fingerprint density at radius 3 is 2.82 bits per heavy atom. The number of pyridine rings is 1. The number of carboxylic acid groups (broad SMARTS) is 1. The van der Waals surface area contributed by atoms with E-state index in [1.165, 1.54) is 4.68 Å². The third-order valence-corrected chi connectivity index (χ3v) is 2.16. The number of aliphatic hydroxyl groups is 1. The van der Waals surface area contributed by atoms with Crippen LogP contribution in [0.25, 0.3) is 11.4 Å². The Hall–Kier alpha value is -2.28. The van der Waals surface area contributed by atoms with Gasteiger partial charge in [-0.15, -0.1) is 5.10 Å². The molecule has 0 saturated heterocycles. The van der Waals surface area contributed by atoms with E-state index in [-0.39, 0.29) is 18.8 Å². The number of carbonyl (C=O) groups is 1. The van der Waals surface area contributed by atoms with Crippen LogP contribution in [0, 0.1) is 0 Å². The third-order valence-electron chi connectivity index (χ3n) is 2.16. The van der Waals surface area contributed by atoms with Gasteiger partial charge in [-0.3, -0.25) is 4.98 Å². The molecule has 0 bridgehead atoms. The first kappa shape index (κ1) is 11.2. The van der Waals surface area contributed by atoms with Gasteiger partial charge in [0.25, 0.3) is 0 Å². The zero-order chi connectivity index (χ0) is 12.3. The van der Waals surface area contributed by atoms with Crippen LogP contribution < -0.4 is 0 Å². The normalized spacial score (nSPS) is 10.4. The van der Waals surface area contributed by atoms with E-state index >= 15 is 0 Å². The summed E-state index contributed by atoms with van der Waals surface area (Å²) in [7, 11) is 0. The van der Waals surface area contributed by atoms with E-state index in [0.29, 0.717) is 11.4 Å². The van der Waals surface area contributed by atoms with Gasteiger partial charge in [-0.1, -0.05) is 11.3 Å². The molecule has 17 heavy (non-hydrogen) atoms. The van der Waals surface area contributed by atoms with Crippen LogP contribution in [0.3, 0.4) is 0 Å². The summed E-state index contributed by atoms with van der Waals surface area (Å²) in [5.74, 6) is -1.17. The zero-order valence-corrected chi connectivity index (χ0v) is 8.82. The SMILES string of the molecule is O=C(O)c1nnn(CCO)c1-c1ccccn1. The van der Waals surface area contributed by atoms with Crippen molar-refractivity contribution in [3.63, 3.8) is 0 Å². The summed E-state index contributed by atoms with van der Waals surface area (Å²) in [5.41, 5.74) is 0.590. The monoisotopic (exact) mass is 234 g/mol. The van der Waals surface area contributed by atoms with Crippen molar-refractivity contribution >= 4 is 5.97 Å². The Bertz CT molecular complexity index is 524. The maximum atomic E-state index is 11.0. The molecule has 0 aliphatic rings. The molecule has 0 fully saturated rings. The average molecular weight is 234 g/mol. The molecular formula is C10H10N4O3. The molecule has 7 nitrogen and oxygen atoms in total. The van der Waals surface area contributed by atoms with Crippen LogP contribution in [0.2, 0.25) is 0 Å². The molecule has 0 atom stereocenters. The molecule has 0 radical (unpaired) electrons. The quantitative estimate of drug-likeness (QED) is 0.774.